The van der Waals surface area contributed by atoms with E-state index in [4.69, 9.17) is 4.74 Å². The largest absolute Gasteiger partial charge is 0.497 e. The van der Waals surface area contributed by atoms with Crippen LogP contribution in [0.2, 0.25) is 0 Å². The first-order chi connectivity index (χ1) is 14.6. The third-order valence-electron chi connectivity index (χ3n) is 5.88. The number of ether oxygens (including phenoxy) is 1. The zero-order valence-electron chi connectivity index (χ0n) is 17.4. The number of pyridine rings is 1. The van der Waals surface area contributed by atoms with Crippen molar-refractivity contribution in [2.24, 2.45) is 4.99 Å². The summed E-state index contributed by atoms with van der Waals surface area (Å²) < 4.78 is 6.53. The van der Waals surface area contributed by atoms with Crippen LogP contribution in [0.25, 0.3) is 16.5 Å². The molecule has 4 rings (SSSR count). The summed E-state index contributed by atoms with van der Waals surface area (Å²) in [5.74, 6) is 0.581. The van der Waals surface area contributed by atoms with Crippen LogP contribution in [0.3, 0.4) is 0 Å². The third kappa shape index (κ3) is 3.71. The molecule has 0 amide bonds. The van der Waals surface area contributed by atoms with Crippen LogP contribution in [-0.4, -0.2) is 53.6 Å². The van der Waals surface area contributed by atoms with E-state index in [0.717, 1.165) is 19.5 Å². The molecule has 0 saturated carbocycles. The van der Waals surface area contributed by atoms with Crippen LogP contribution in [0.5, 0.6) is 11.6 Å². The number of aromatic hydroxyl groups is 1. The molecule has 2 heterocycles. The van der Waals surface area contributed by atoms with Crippen molar-refractivity contribution in [1.82, 2.24) is 9.47 Å². The van der Waals surface area contributed by atoms with Crippen molar-refractivity contribution in [2.45, 2.75) is 25.8 Å². The van der Waals surface area contributed by atoms with Gasteiger partial charge in [-0.05, 0) is 56.3 Å². The maximum Gasteiger partial charge on any atom is 0.265 e. The molecular weight excluding hydrogens is 378 g/mol. The number of likely N-dealkylation sites (N-methyl/N-ethyl adjacent to an activating group) is 1. The monoisotopic (exact) mass is 405 g/mol. The number of fused-ring (bicyclic) bond motifs is 1. The molecule has 3 aromatic rings. The summed E-state index contributed by atoms with van der Waals surface area (Å²) in [6.07, 6.45) is 4.05. The van der Waals surface area contributed by atoms with Crippen LogP contribution in [0.1, 0.15) is 25.3 Å². The molecule has 0 spiro atoms. The van der Waals surface area contributed by atoms with Gasteiger partial charge in [-0.1, -0.05) is 25.1 Å². The zero-order chi connectivity index (χ0) is 21.1. The lowest BCUT2D eigenvalue weighted by atomic mass is 10.1. The quantitative estimate of drug-likeness (QED) is 0.636. The maximum atomic E-state index is 13.1. The van der Waals surface area contributed by atoms with Gasteiger partial charge in [0.05, 0.1) is 24.9 Å². The molecule has 1 aromatic heterocycles. The Kier molecular flexibility index (Phi) is 5.86. The SMILES string of the molecule is CCN1CCC[C@@H]1CN=Cc1c(O)n(-c2ccc(OC)cc2)c(=O)c2ccccc12. The molecule has 156 valence electrons. The highest BCUT2D eigenvalue weighted by Crippen LogP contribution is 2.27. The number of aromatic nitrogens is 1. The summed E-state index contributed by atoms with van der Waals surface area (Å²) >= 11 is 0. The van der Waals surface area contributed by atoms with Gasteiger partial charge in [-0.15, -0.1) is 0 Å². The van der Waals surface area contributed by atoms with Crippen molar-refractivity contribution >= 4 is 17.0 Å². The van der Waals surface area contributed by atoms with E-state index in [1.165, 1.54) is 11.0 Å². The van der Waals surface area contributed by atoms with Gasteiger partial charge in [0.15, 0.2) is 0 Å². The lowest BCUT2D eigenvalue weighted by Crippen LogP contribution is -2.31. The zero-order valence-corrected chi connectivity index (χ0v) is 17.4. The van der Waals surface area contributed by atoms with E-state index in [1.54, 1.807) is 43.7 Å². The first-order valence-corrected chi connectivity index (χ1v) is 10.4. The van der Waals surface area contributed by atoms with Gasteiger partial charge in [-0.2, -0.15) is 0 Å². The van der Waals surface area contributed by atoms with Crippen LogP contribution in [0.4, 0.5) is 0 Å². The van der Waals surface area contributed by atoms with Crippen LogP contribution >= 0.6 is 0 Å². The van der Waals surface area contributed by atoms with E-state index >= 15 is 0 Å². The topological polar surface area (TPSA) is 67.1 Å². The summed E-state index contributed by atoms with van der Waals surface area (Å²) in [5, 5.41) is 12.3. The van der Waals surface area contributed by atoms with E-state index < -0.39 is 0 Å². The highest BCUT2D eigenvalue weighted by Gasteiger charge is 2.22. The van der Waals surface area contributed by atoms with Crippen molar-refractivity contribution in [1.29, 1.82) is 0 Å². The fourth-order valence-corrected chi connectivity index (χ4v) is 4.24. The van der Waals surface area contributed by atoms with Crippen molar-refractivity contribution in [3.8, 4) is 17.3 Å². The minimum Gasteiger partial charge on any atom is -0.497 e. The van der Waals surface area contributed by atoms with Crippen LogP contribution in [-0.2, 0) is 0 Å². The Labute approximate surface area is 176 Å². The summed E-state index contributed by atoms with van der Waals surface area (Å²) in [6, 6.07) is 14.8. The fraction of sp³-hybridized carbons (Fsp3) is 0.333. The third-order valence-corrected chi connectivity index (χ3v) is 5.88. The molecular formula is C24H27N3O3. The first kappa shape index (κ1) is 20.2. The smallest absolute Gasteiger partial charge is 0.265 e. The van der Waals surface area contributed by atoms with Crippen LogP contribution in [0.15, 0.2) is 58.3 Å². The molecule has 1 saturated heterocycles. The molecule has 0 unspecified atom stereocenters. The number of hydrogen-bond donors (Lipinski definition) is 1. The van der Waals surface area contributed by atoms with Gasteiger partial charge in [-0.3, -0.25) is 14.7 Å². The summed E-state index contributed by atoms with van der Waals surface area (Å²) in [5.41, 5.74) is 0.868. The molecule has 6 heteroatoms. The second-order valence-corrected chi connectivity index (χ2v) is 7.54. The first-order valence-electron chi connectivity index (χ1n) is 10.4. The minimum absolute atomic E-state index is 0.105. The van der Waals surface area contributed by atoms with E-state index in [9.17, 15) is 9.90 Å². The second-order valence-electron chi connectivity index (χ2n) is 7.54. The standard InChI is InChI=1S/C24H27N3O3/c1-3-26-14-6-7-18(26)15-25-16-22-20-8-4-5-9-21(20)23(28)27(24(22)29)17-10-12-19(30-2)13-11-17/h4-5,8-13,16,18,29H,3,6-7,14-15H2,1-2H3/t18-/m1/s1. The van der Waals surface area contributed by atoms with E-state index in [0.29, 0.717) is 40.4 Å². The van der Waals surface area contributed by atoms with Crippen molar-refractivity contribution in [3.05, 3.63) is 64.4 Å². The Morgan fingerprint density at radius 1 is 1.17 bits per heavy atom. The molecule has 1 fully saturated rings. The molecule has 6 nitrogen and oxygen atoms in total. The van der Waals surface area contributed by atoms with E-state index in [1.807, 2.05) is 18.2 Å². The van der Waals surface area contributed by atoms with Gasteiger partial charge in [0, 0.05) is 23.0 Å². The maximum absolute atomic E-state index is 13.1. The van der Waals surface area contributed by atoms with Gasteiger partial charge in [0.25, 0.3) is 5.56 Å². The lowest BCUT2D eigenvalue weighted by Gasteiger charge is -2.20. The molecule has 0 radical (unpaired) electrons. The fourth-order valence-electron chi connectivity index (χ4n) is 4.24. The normalized spacial score (nSPS) is 17.2. The van der Waals surface area contributed by atoms with E-state index in [2.05, 4.69) is 16.8 Å². The Morgan fingerprint density at radius 2 is 1.90 bits per heavy atom. The Balaban J connectivity index is 1.78. The number of likely N-dealkylation sites (tertiary alicyclic amines) is 1. The number of hydrogen-bond acceptors (Lipinski definition) is 5. The van der Waals surface area contributed by atoms with Gasteiger partial charge >= 0.3 is 0 Å². The van der Waals surface area contributed by atoms with Crippen molar-refractivity contribution in [3.63, 3.8) is 0 Å². The van der Waals surface area contributed by atoms with Gasteiger partial charge in [0.2, 0.25) is 5.88 Å². The molecule has 0 aliphatic carbocycles. The molecule has 1 aliphatic rings. The molecule has 1 atom stereocenters. The molecule has 1 aliphatic heterocycles. The van der Waals surface area contributed by atoms with Crippen LogP contribution < -0.4 is 10.3 Å². The Morgan fingerprint density at radius 3 is 2.60 bits per heavy atom. The highest BCUT2D eigenvalue weighted by atomic mass is 16.5. The molecule has 1 N–H and O–H groups in total. The van der Waals surface area contributed by atoms with Crippen LogP contribution in [0, 0.1) is 0 Å². The summed E-state index contributed by atoms with van der Waals surface area (Å²) in [7, 11) is 1.59. The lowest BCUT2D eigenvalue weighted by molar-refractivity contribution is 0.273. The van der Waals surface area contributed by atoms with Gasteiger partial charge in [-0.25, -0.2) is 4.57 Å². The predicted molar refractivity (Wildman–Crippen MR) is 120 cm³/mol. The Hall–Kier alpha value is -3.12. The number of aliphatic imine (C=N–C) groups is 1. The van der Waals surface area contributed by atoms with Gasteiger partial charge in [0.1, 0.15) is 5.75 Å². The average molecular weight is 405 g/mol. The minimum atomic E-state index is -0.265. The van der Waals surface area contributed by atoms with Crippen molar-refractivity contribution < 1.29 is 9.84 Å². The molecule has 0 bridgehead atoms. The second kappa shape index (κ2) is 8.71. The molecule has 2 aromatic carbocycles. The summed E-state index contributed by atoms with van der Waals surface area (Å²) in [6.45, 7) is 5.00. The Bertz CT molecular complexity index is 1120. The number of methoxy groups -OCH3 is 1. The highest BCUT2D eigenvalue weighted by molar-refractivity contribution is 6.01. The average Bonchev–Trinajstić information content (AvgIpc) is 3.24. The van der Waals surface area contributed by atoms with E-state index in [-0.39, 0.29) is 11.4 Å². The predicted octanol–water partition coefficient (Wildman–Crippen LogP) is 3.61. The molecule has 30 heavy (non-hydrogen) atoms. The van der Waals surface area contributed by atoms with Crippen molar-refractivity contribution in [2.75, 3.05) is 26.7 Å². The number of nitrogens with zero attached hydrogens (tertiary/aromatic N) is 3. The number of rotatable bonds is 6. The van der Waals surface area contributed by atoms with Gasteiger partial charge < -0.3 is 9.84 Å². The number of benzene rings is 2. The summed E-state index contributed by atoms with van der Waals surface area (Å²) in [4.78, 5) is 20.2.